The van der Waals surface area contributed by atoms with Crippen molar-refractivity contribution >= 4 is 29.4 Å². The first-order valence-electron chi connectivity index (χ1n) is 5.10. The lowest BCUT2D eigenvalue weighted by Crippen LogP contribution is -2.30. The Morgan fingerprint density at radius 3 is 2.81 bits per heavy atom. The molecule has 1 aliphatic rings. The number of hydrogen-bond acceptors (Lipinski definition) is 5. The molecule has 0 atom stereocenters. The molecule has 5 nitrogen and oxygen atoms in total. The van der Waals surface area contributed by atoms with E-state index in [0.717, 1.165) is 0 Å². The van der Waals surface area contributed by atoms with Crippen LogP contribution in [0.5, 0.6) is 0 Å². The quantitative estimate of drug-likeness (QED) is 0.416. The van der Waals surface area contributed by atoms with Crippen molar-refractivity contribution in [2.45, 2.75) is 26.2 Å². The van der Waals surface area contributed by atoms with Crippen molar-refractivity contribution in [3.8, 4) is 0 Å². The summed E-state index contributed by atoms with van der Waals surface area (Å²) in [4.78, 5) is 34.8. The molecule has 0 aromatic rings. The zero-order valence-corrected chi connectivity index (χ0v) is 10.0. The second kappa shape index (κ2) is 6.52. The molecule has 1 heterocycles. The number of carbonyl (C=O) groups excluding carboxylic acids is 3. The van der Waals surface area contributed by atoms with Gasteiger partial charge in [0.05, 0.1) is 5.88 Å². The van der Waals surface area contributed by atoms with Gasteiger partial charge in [0.25, 0.3) is 0 Å². The Hall–Kier alpha value is -1.04. The number of ether oxygens (including phenoxy) is 1. The third-order valence-electron chi connectivity index (χ3n) is 2.22. The molecular weight excluding hydrogens is 230 g/mol. The maximum Gasteiger partial charge on any atom is 0.303 e. The van der Waals surface area contributed by atoms with Crippen LogP contribution in [0.4, 0.5) is 0 Å². The summed E-state index contributed by atoms with van der Waals surface area (Å²) in [5, 5.41) is 0. The lowest BCUT2D eigenvalue weighted by atomic mass is 10.2. The van der Waals surface area contributed by atoms with Gasteiger partial charge in [-0.2, -0.15) is 0 Å². The smallest absolute Gasteiger partial charge is 0.303 e. The molecule has 0 radical (unpaired) electrons. The minimum Gasteiger partial charge on any atom is -0.455 e. The molecule has 1 fully saturated rings. The maximum atomic E-state index is 11.5. The second-order valence-electron chi connectivity index (χ2n) is 3.53. The highest BCUT2D eigenvalue weighted by Crippen LogP contribution is 2.12. The average Bonchev–Trinajstić information content (AvgIpc) is 2.38. The first kappa shape index (κ1) is 13.0. The van der Waals surface area contributed by atoms with Gasteiger partial charge in [0.15, 0.2) is 0 Å². The second-order valence-corrected chi connectivity index (χ2v) is 4.43. The number of thioether (sulfide) groups is 1. The Morgan fingerprint density at radius 1 is 1.38 bits per heavy atom. The van der Waals surface area contributed by atoms with Crippen molar-refractivity contribution in [3.63, 3.8) is 0 Å². The lowest BCUT2D eigenvalue weighted by molar-refractivity contribution is -0.138. The summed E-state index contributed by atoms with van der Waals surface area (Å²) in [5.41, 5.74) is 0. The fraction of sp³-hybridized carbons (Fsp3) is 0.700. The highest BCUT2D eigenvalue weighted by atomic mass is 32.2. The van der Waals surface area contributed by atoms with Gasteiger partial charge < -0.3 is 9.64 Å². The van der Waals surface area contributed by atoms with Gasteiger partial charge in [-0.25, -0.2) is 0 Å². The number of amides is 1. The van der Waals surface area contributed by atoms with Crippen LogP contribution in [0.2, 0.25) is 0 Å². The lowest BCUT2D eigenvalue weighted by Gasteiger charge is -2.19. The molecule has 1 saturated heterocycles. The predicted molar refractivity (Wildman–Crippen MR) is 59.7 cm³/mol. The van der Waals surface area contributed by atoms with Crippen LogP contribution in [0.25, 0.3) is 0 Å². The van der Waals surface area contributed by atoms with Crippen LogP contribution in [0.15, 0.2) is 0 Å². The Kier molecular flexibility index (Phi) is 5.31. The van der Waals surface area contributed by atoms with Crippen LogP contribution in [0.1, 0.15) is 26.2 Å². The van der Waals surface area contributed by atoms with Crippen molar-refractivity contribution in [2.24, 2.45) is 0 Å². The van der Waals surface area contributed by atoms with Gasteiger partial charge in [0, 0.05) is 32.7 Å². The summed E-state index contributed by atoms with van der Waals surface area (Å²) in [6.45, 7) is 1.82. The van der Waals surface area contributed by atoms with E-state index in [1.165, 1.54) is 18.7 Å². The van der Waals surface area contributed by atoms with Crippen LogP contribution in [0.3, 0.4) is 0 Å². The molecule has 0 unspecified atom stereocenters. The average molecular weight is 245 g/mol. The number of rotatable bonds is 4. The Balaban J connectivity index is 2.26. The highest BCUT2D eigenvalue weighted by Gasteiger charge is 2.20. The highest BCUT2D eigenvalue weighted by molar-refractivity contribution is 7.99. The molecule has 1 rings (SSSR count). The van der Waals surface area contributed by atoms with Crippen molar-refractivity contribution in [1.82, 2.24) is 4.90 Å². The minimum atomic E-state index is -0.329. The van der Waals surface area contributed by atoms with Gasteiger partial charge in [0.1, 0.15) is 11.7 Å². The Labute approximate surface area is 98.5 Å². The monoisotopic (exact) mass is 245 g/mol. The van der Waals surface area contributed by atoms with Gasteiger partial charge in [-0.05, 0) is 0 Å². The molecule has 1 aliphatic heterocycles. The van der Waals surface area contributed by atoms with Crippen molar-refractivity contribution in [1.29, 1.82) is 0 Å². The van der Waals surface area contributed by atoms with E-state index in [9.17, 15) is 14.4 Å². The van der Waals surface area contributed by atoms with Crippen LogP contribution in [-0.4, -0.2) is 40.9 Å². The molecule has 0 aromatic carbocycles. The number of Topliss-reactive ketones (excluding diaryl/α,β-unsaturated/α-hetero) is 1. The molecule has 0 aliphatic carbocycles. The Morgan fingerprint density at radius 2 is 2.12 bits per heavy atom. The molecule has 1 amide bonds. The van der Waals surface area contributed by atoms with Crippen molar-refractivity contribution in [3.05, 3.63) is 0 Å². The van der Waals surface area contributed by atoms with E-state index in [0.29, 0.717) is 31.7 Å². The standard InChI is InChI=1S/C10H15NO4S/c1-8(12)15-7-16-6-11-5-4-9(13)2-3-10(11)14/h2-7H2,1H3. The first-order valence-corrected chi connectivity index (χ1v) is 6.25. The normalized spacial score (nSPS) is 17.2. The molecule has 6 heteroatoms. The summed E-state index contributed by atoms with van der Waals surface area (Å²) in [5.74, 6) is 0.527. The van der Waals surface area contributed by atoms with Crippen molar-refractivity contribution < 1.29 is 19.1 Å². The van der Waals surface area contributed by atoms with Crippen LogP contribution >= 0.6 is 11.8 Å². The topological polar surface area (TPSA) is 63.7 Å². The van der Waals surface area contributed by atoms with Gasteiger partial charge in [0.2, 0.25) is 5.91 Å². The summed E-state index contributed by atoms with van der Waals surface area (Å²) in [6, 6.07) is 0. The molecular formula is C10H15NO4S. The fourth-order valence-corrected chi connectivity index (χ4v) is 2.14. The first-order chi connectivity index (χ1) is 7.59. The molecule has 0 saturated carbocycles. The number of likely N-dealkylation sites (tertiary alicyclic amines) is 1. The molecule has 0 N–H and O–H groups in total. The zero-order chi connectivity index (χ0) is 12.0. The minimum absolute atomic E-state index is 0.00109. The van der Waals surface area contributed by atoms with E-state index >= 15 is 0 Å². The summed E-state index contributed by atoms with van der Waals surface area (Å²) < 4.78 is 4.74. The molecule has 0 bridgehead atoms. The molecule has 16 heavy (non-hydrogen) atoms. The molecule has 0 spiro atoms. The third-order valence-corrected chi connectivity index (χ3v) is 3.00. The number of carbonyl (C=O) groups is 3. The molecule has 0 aromatic heterocycles. The summed E-state index contributed by atoms with van der Waals surface area (Å²) in [6.07, 6.45) is 1.08. The fourth-order valence-electron chi connectivity index (χ4n) is 1.32. The van der Waals surface area contributed by atoms with Gasteiger partial charge in [-0.1, -0.05) is 11.8 Å². The van der Waals surface area contributed by atoms with E-state index in [1.807, 2.05) is 0 Å². The summed E-state index contributed by atoms with van der Waals surface area (Å²) in [7, 11) is 0. The van der Waals surface area contributed by atoms with E-state index in [2.05, 4.69) is 0 Å². The van der Waals surface area contributed by atoms with Crippen molar-refractivity contribution in [2.75, 3.05) is 18.4 Å². The number of nitrogens with zero attached hydrogens (tertiary/aromatic N) is 1. The molecule has 90 valence electrons. The van der Waals surface area contributed by atoms with Crippen LogP contribution < -0.4 is 0 Å². The SMILES string of the molecule is CC(=O)OCSCN1CCC(=O)CCC1=O. The van der Waals surface area contributed by atoms with Crippen LogP contribution in [-0.2, 0) is 19.1 Å². The number of ketones is 1. The van der Waals surface area contributed by atoms with E-state index < -0.39 is 0 Å². The largest absolute Gasteiger partial charge is 0.455 e. The van der Waals surface area contributed by atoms with Gasteiger partial charge >= 0.3 is 5.97 Å². The Bertz CT molecular complexity index is 293. The maximum absolute atomic E-state index is 11.5. The van der Waals surface area contributed by atoms with Gasteiger partial charge in [-0.15, -0.1) is 0 Å². The number of esters is 1. The van der Waals surface area contributed by atoms with Gasteiger partial charge in [-0.3, -0.25) is 14.4 Å². The van der Waals surface area contributed by atoms with E-state index in [-0.39, 0.29) is 23.6 Å². The van der Waals surface area contributed by atoms with E-state index in [1.54, 1.807) is 4.90 Å². The predicted octanol–water partition coefficient (Wildman–Crippen LogP) is 0.779. The van der Waals surface area contributed by atoms with E-state index in [4.69, 9.17) is 4.74 Å². The van der Waals surface area contributed by atoms with Crippen LogP contribution in [0, 0.1) is 0 Å². The third kappa shape index (κ3) is 4.65. The summed E-state index contributed by atoms with van der Waals surface area (Å²) >= 11 is 1.35. The number of hydrogen-bond donors (Lipinski definition) is 0. The zero-order valence-electron chi connectivity index (χ0n) is 9.23.